The minimum absolute atomic E-state index is 0.385. The van der Waals surface area contributed by atoms with Crippen LogP contribution in [0.5, 0.6) is 0 Å². The third kappa shape index (κ3) is 0.962. The van der Waals surface area contributed by atoms with Crippen LogP contribution in [0.15, 0.2) is 24.3 Å². The summed E-state index contributed by atoms with van der Waals surface area (Å²) in [4.78, 5) is 2.56. The van der Waals surface area contributed by atoms with Crippen molar-refractivity contribution >= 4 is 0 Å². The molecule has 0 radical (unpaired) electrons. The topological polar surface area (TPSA) is 3.24 Å². The van der Waals surface area contributed by atoms with E-state index in [0.717, 1.165) is 0 Å². The van der Waals surface area contributed by atoms with E-state index in [0.29, 0.717) is 11.5 Å². The molecule has 0 amide bonds. The van der Waals surface area contributed by atoms with Crippen LogP contribution in [0.25, 0.3) is 0 Å². The molecule has 2 aliphatic rings. The zero-order chi connectivity index (χ0) is 8.60. The molecule has 0 aromatic heterocycles. The molecule has 1 spiro atoms. The second-order valence-corrected chi connectivity index (χ2v) is 3.89. The molecule has 1 unspecified atom stereocenters. The zero-order valence-corrected chi connectivity index (χ0v) is 7.96. The summed E-state index contributed by atoms with van der Waals surface area (Å²) in [5, 5.41) is 0. The highest BCUT2D eigenvalue weighted by Gasteiger charge is 2.40. The zero-order valence-electron chi connectivity index (χ0n) is 7.96. The van der Waals surface area contributed by atoms with Crippen molar-refractivity contribution in [3.63, 3.8) is 0 Å². The molecule has 1 aliphatic carbocycles. The summed E-state index contributed by atoms with van der Waals surface area (Å²) in [5.41, 5.74) is 0.385. The molecular formula is C11H17N. The fourth-order valence-corrected chi connectivity index (χ4v) is 2.48. The van der Waals surface area contributed by atoms with Crippen molar-refractivity contribution in [2.24, 2.45) is 5.41 Å². The smallest absolute Gasteiger partial charge is 0.0233 e. The lowest BCUT2D eigenvalue weighted by atomic mass is 9.83. The van der Waals surface area contributed by atoms with E-state index in [2.05, 4.69) is 43.1 Å². The van der Waals surface area contributed by atoms with Crippen LogP contribution in [-0.4, -0.2) is 24.0 Å². The Kier molecular flexibility index (Phi) is 1.84. The van der Waals surface area contributed by atoms with Crippen molar-refractivity contribution in [1.29, 1.82) is 0 Å². The van der Waals surface area contributed by atoms with E-state index >= 15 is 0 Å². The first-order valence-electron chi connectivity index (χ1n) is 4.89. The number of allylic oxidation sites excluding steroid dienone is 2. The molecule has 66 valence electrons. The molecule has 0 saturated carbocycles. The predicted octanol–water partition coefficient (Wildman–Crippen LogP) is 2.21. The average Bonchev–Trinajstić information content (AvgIpc) is 2.65. The van der Waals surface area contributed by atoms with E-state index in [4.69, 9.17) is 0 Å². The summed E-state index contributed by atoms with van der Waals surface area (Å²) in [6.45, 7) is 7.03. The first-order chi connectivity index (χ1) is 5.78. The van der Waals surface area contributed by atoms with E-state index in [1.807, 2.05) is 0 Å². The summed E-state index contributed by atoms with van der Waals surface area (Å²) in [7, 11) is 0. The average molecular weight is 163 g/mol. The fraction of sp³-hybridized carbons (Fsp3) is 0.636. The Morgan fingerprint density at radius 3 is 2.58 bits per heavy atom. The highest BCUT2D eigenvalue weighted by molar-refractivity contribution is 5.29. The van der Waals surface area contributed by atoms with E-state index in [1.54, 1.807) is 0 Å². The van der Waals surface area contributed by atoms with Crippen molar-refractivity contribution in [2.45, 2.75) is 26.3 Å². The lowest BCUT2D eigenvalue weighted by Gasteiger charge is -2.28. The van der Waals surface area contributed by atoms with Crippen molar-refractivity contribution in [3.05, 3.63) is 24.3 Å². The molecule has 1 aliphatic heterocycles. The Balaban J connectivity index is 2.20. The molecule has 2 rings (SSSR count). The van der Waals surface area contributed by atoms with Gasteiger partial charge < -0.3 is 0 Å². The maximum absolute atomic E-state index is 2.56. The molecule has 1 saturated heterocycles. The highest BCUT2D eigenvalue weighted by atomic mass is 15.2. The van der Waals surface area contributed by atoms with Gasteiger partial charge in [-0.05, 0) is 26.4 Å². The Bertz CT molecular complexity index is 215. The monoisotopic (exact) mass is 163 g/mol. The molecule has 12 heavy (non-hydrogen) atoms. The van der Waals surface area contributed by atoms with Gasteiger partial charge in [0.05, 0.1) is 0 Å². The van der Waals surface area contributed by atoms with E-state index in [-0.39, 0.29) is 0 Å². The SMILES string of the molecule is CCN1CCC2(C=CC=C2)C1C. The predicted molar refractivity (Wildman–Crippen MR) is 52.0 cm³/mol. The number of hydrogen-bond donors (Lipinski definition) is 0. The Morgan fingerprint density at radius 1 is 1.42 bits per heavy atom. The third-order valence-corrected chi connectivity index (χ3v) is 3.49. The van der Waals surface area contributed by atoms with Gasteiger partial charge in [-0.1, -0.05) is 31.2 Å². The van der Waals surface area contributed by atoms with Gasteiger partial charge in [0, 0.05) is 11.5 Å². The first kappa shape index (κ1) is 8.06. The third-order valence-electron chi connectivity index (χ3n) is 3.49. The maximum atomic E-state index is 2.56. The van der Waals surface area contributed by atoms with Crippen molar-refractivity contribution in [1.82, 2.24) is 4.90 Å². The first-order valence-corrected chi connectivity index (χ1v) is 4.89. The van der Waals surface area contributed by atoms with Crippen LogP contribution in [0.1, 0.15) is 20.3 Å². The molecule has 1 nitrogen and oxygen atoms in total. The van der Waals surface area contributed by atoms with Crippen LogP contribution in [0.3, 0.4) is 0 Å². The van der Waals surface area contributed by atoms with Gasteiger partial charge in [0.1, 0.15) is 0 Å². The largest absolute Gasteiger partial charge is 0.300 e. The lowest BCUT2D eigenvalue weighted by molar-refractivity contribution is 0.243. The molecule has 0 aromatic rings. The van der Waals surface area contributed by atoms with Crippen molar-refractivity contribution in [3.8, 4) is 0 Å². The van der Waals surface area contributed by atoms with Crippen LogP contribution in [0, 0.1) is 5.41 Å². The van der Waals surface area contributed by atoms with Gasteiger partial charge in [-0.25, -0.2) is 0 Å². The standard InChI is InChI=1S/C11H17N/c1-3-12-9-8-11(10(12)2)6-4-5-7-11/h4-7,10H,3,8-9H2,1-2H3. The molecular weight excluding hydrogens is 146 g/mol. The maximum Gasteiger partial charge on any atom is 0.0233 e. The second-order valence-electron chi connectivity index (χ2n) is 3.89. The highest BCUT2D eigenvalue weighted by Crippen LogP contribution is 2.41. The van der Waals surface area contributed by atoms with Crippen molar-refractivity contribution < 1.29 is 0 Å². The number of nitrogens with zero attached hydrogens (tertiary/aromatic N) is 1. The summed E-state index contributed by atoms with van der Waals surface area (Å²) in [5.74, 6) is 0. The Hall–Kier alpha value is -0.560. The second kappa shape index (κ2) is 2.74. The number of likely N-dealkylation sites (tertiary alicyclic amines) is 1. The normalized spacial score (nSPS) is 32.3. The molecule has 1 fully saturated rings. The minimum Gasteiger partial charge on any atom is -0.300 e. The van der Waals surface area contributed by atoms with E-state index in [9.17, 15) is 0 Å². The fourth-order valence-electron chi connectivity index (χ4n) is 2.48. The quantitative estimate of drug-likeness (QED) is 0.573. The van der Waals surface area contributed by atoms with Gasteiger partial charge in [0.25, 0.3) is 0 Å². The lowest BCUT2D eigenvalue weighted by Crippen LogP contribution is -2.34. The molecule has 0 N–H and O–H groups in total. The van der Waals surface area contributed by atoms with Gasteiger partial charge in [-0.3, -0.25) is 4.90 Å². The van der Waals surface area contributed by atoms with E-state index in [1.165, 1.54) is 19.5 Å². The van der Waals surface area contributed by atoms with Gasteiger partial charge in [0.15, 0.2) is 0 Å². The van der Waals surface area contributed by atoms with Crippen LogP contribution in [-0.2, 0) is 0 Å². The molecule has 1 heterocycles. The summed E-state index contributed by atoms with van der Waals surface area (Å²) >= 11 is 0. The summed E-state index contributed by atoms with van der Waals surface area (Å²) in [6.07, 6.45) is 10.4. The van der Waals surface area contributed by atoms with E-state index < -0.39 is 0 Å². The minimum atomic E-state index is 0.385. The van der Waals surface area contributed by atoms with Crippen molar-refractivity contribution in [2.75, 3.05) is 13.1 Å². The summed E-state index contributed by atoms with van der Waals surface area (Å²) < 4.78 is 0. The van der Waals surface area contributed by atoms with Crippen LogP contribution in [0.4, 0.5) is 0 Å². The van der Waals surface area contributed by atoms with Crippen LogP contribution < -0.4 is 0 Å². The summed E-state index contributed by atoms with van der Waals surface area (Å²) in [6, 6.07) is 0.692. The number of rotatable bonds is 1. The molecule has 1 atom stereocenters. The Morgan fingerprint density at radius 2 is 2.08 bits per heavy atom. The van der Waals surface area contributed by atoms with Gasteiger partial charge >= 0.3 is 0 Å². The van der Waals surface area contributed by atoms with Gasteiger partial charge in [-0.2, -0.15) is 0 Å². The van der Waals surface area contributed by atoms with Gasteiger partial charge in [0.2, 0.25) is 0 Å². The molecule has 0 bridgehead atoms. The molecule has 0 aromatic carbocycles. The van der Waals surface area contributed by atoms with Crippen LogP contribution >= 0.6 is 0 Å². The van der Waals surface area contributed by atoms with Crippen LogP contribution in [0.2, 0.25) is 0 Å². The Labute approximate surface area is 74.8 Å². The number of hydrogen-bond acceptors (Lipinski definition) is 1. The molecule has 1 heteroatoms. The van der Waals surface area contributed by atoms with Gasteiger partial charge in [-0.15, -0.1) is 0 Å².